The first-order valence-corrected chi connectivity index (χ1v) is 11.3. The van der Waals surface area contributed by atoms with Gasteiger partial charge in [0.1, 0.15) is 0 Å². The molecule has 0 N–H and O–H groups in total. The van der Waals surface area contributed by atoms with Gasteiger partial charge in [0, 0.05) is 10.8 Å². The molecule has 0 saturated heterocycles. The van der Waals surface area contributed by atoms with Crippen LogP contribution in [0, 0.1) is 16.0 Å². The summed E-state index contributed by atoms with van der Waals surface area (Å²) >= 11 is 6.67. The van der Waals surface area contributed by atoms with Crippen molar-refractivity contribution in [3.05, 3.63) is 123 Å². The average molecular weight is 459 g/mol. The second-order valence-corrected chi connectivity index (χ2v) is 9.16. The summed E-state index contributed by atoms with van der Waals surface area (Å²) < 4.78 is 0. The number of hydrogen-bond donors (Lipinski definition) is 0. The SMILES string of the molecule is C=C[C@@H]1C[C@]2(C(=O)N(Cc3ccccc3)c3c(Cl)cccc32)[C@@H](c2ccccc2)[C@@H]1[N+](=O)[O-]. The minimum Gasteiger partial charge on any atom is -0.305 e. The van der Waals surface area contributed by atoms with Crippen LogP contribution in [0.15, 0.2) is 91.5 Å². The number of para-hydroxylation sites is 1. The van der Waals surface area contributed by atoms with Gasteiger partial charge in [-0.05, 0) is 29.2 Å². The maximum atomic E-state index is 14.4. The molecule has 0 bridgehead atoms. The summed E-state index contributed by atoms with van der Waals surface area (Å²) in [6.45, 7) is 4.24. The van der Waals surface area contributed by atoms with Gasteiger partial charge in [0.15, 0.2) is 0 Å². The van der Waals surface area contributed by atoms with Crippen LogP contribution in [0.2, 0.25) is 5.02 Å². The lowest BCUT2D eigenvalue weighted by Crippen LogP contribution is -2.44. The van der Waals surface area contributed by atoms with Gasteiger partial charge in [-0.25, -0.2) is 0 Å². The predicted octanol–water partition coefficient (Wildman–Crippen LogP) is 5.76. The summed E-state index contributed by atoms with van der Waals surface area (Å²) in [4.78, 5) is 28.2. The maximum Gasteiger partial charge on any atom is 0.239 e. The van der Waals surface area contributed by atoms with Crippen LogP contribution in [0.5, 0.6) is 0 Å². The van der Waals surface area contributed by atoms with E-state index in [1.165, 1.54) is 0 Å². The second kappa shape index (κ2) is 8.16. The number of anilines is 1. The molecular formula is C27H23ClN2O3. The van der Waals surface area contributed by atoms with Crippen molar-refractivity contribution >= 4 is 23.2 Å². The van der Waals surface area contributed by atoms with E-state index in [0.29, 0.717) is 23.7 Å². The van der Waals surface area contributed by atoms with Crippen molar-refractivity contribution in [2.24, 2.45) is 5.92 Å². The van der Waals surface area contributed by atoms with E-state index in [9.17, 15) is 14.9 Å². The molecule has 1 spiro atoms. The zero-order chi connectivity index (χ0) is 23.2. The largest absolute Gasteiger partial charge is 0.305 e. The first-order chi connectivity index (χ1) is 16.0. The molecule has 3 aromatic carbocycles. The molecule has 33 heavy (non-hydrogen) atoms. The lowest BCUT2D eigenvalue weighted by molar-refractivity contribution is -0.530. The molecule has 166 valence electrons. The van der Waals surface area contributed by atoms with E-state index in [1.54, 1.807) is 17.0 Å². The van der Waals surface area contributed by atoms with E-state index in [2.05, 4.69) is 6.58 Å². The first kappa shape index (κ1) is 21.4. The van der Waals surface area contributed by atoms with Crippen LogP contribution in [0.1, 0.15) is 29.0 Å². The second-order valence-electron chi connectivity index (χ2n) is 8.75. The Balaban J connectivity index is 1.75. The van der Waals surface area contributed by atoms with Gasteiger partial charge in [-0.15, -0.1) is 6.58 Å². The predicted molar refractivity (Wildman–Crippen MR) is 129 cm³/mol. The van der Waals surface area contributed by atoms with Crippen LogP contribution in [0.25, 0.3) is 0 Å². The highest BCUT2D eigenvalue weighted by Crippen LogP contribution is 2.61. The van der Waals surface area contributed by atoms with E-state index in [4.69, 9.17) is 11.6 Å². The Morgan fingerprint density at radius 3 is 2.36 bits per heavy atom. The quantitative estimate of drug-likeness (QED) is 0.277. The topological polar surface area (TPSA) is 63.5 Å². The van der Waals surface area contributed by atoms with Crippen LogP contribution in [-0.2, 0) is 16.8 Å². The fourth-order valence-electron chi connectivity index (χ4n) is 5.82. The lowest BCUT2D eigenvalue weighted by Gasteiger charge is -2.31. The molecule has 0 unspecified atom stereocenters. The summed E-state index contributed by atoms with van der Waals surface area (Å²) in [5.41, 5.74) is 2.08. The molecule has 5 nitrogen and oxygen atoms in total. The Morgan fingerprint density at radius 1 is 1.06 bits per heavy atom. The summed E-state index contributed by atoms with van der Waals surface area (Å²) in [6.07, 6.45) is 1.95. The maximum absolute atomic E-state index is 14.4. The highest BCUT2D eigenvalue weighted by atomic mass is 35.5. The van der Waals surface area contributed by atoms with Crippen molar-refractivity contribution in [1.82, 2.24) is 0 Å². The minimum absolute atomic E-state index is 0.139. The third-order valence-corrected chi connectivity index (χ3v) is 7.43. The van der Waals surface area contributed by atoms with Crippen LogP contribution < -0.4 is 4.90 Å². The number of carbonyl (C=O) groups excluding carboxylic acids is 1. The van der Waals surface area contributed by atoms with Crippen molar-refractivity contribution in [3.8, 4) is 0 Å². The van der Waals surface area contributed by atoms with Gasteiger partial charge >= 0.3 is 0 Å². The van der Waals surface area contributed by atoms with Gasteiger partial charge in [0.2, 0.25) is 11.9 Å². The summed E-state index contributed by atoms with van der Waals surface area (Å²) in [5.74, 6) is -1.22. The molecule has 0 radical (unpaired) electrons. The molecular weight excluding hydrogens is 436 g/mol. The van der Waals surface area contributed by atoms with Gasteiger partial charge in [-0.1, -0.05) is 90.5 Å². The number of carbonyl (C=O) groups is 1. The monoisotopic (exact) mass is 458 g/mol. The van der Waals surface area contributed by atoms with Crippen molar-refractivity contribution in [1.29, 1.82) is 0 Å². The zero-order valence-corrected chi connectivity index (χ0v) is 18.7. The van der Waals surface area contributed by atoms with Crippen molar-refractivity contribution in [2.45, 2.75) is 30.3 Å². The van der Waals surface area contributed by atoms with Gasteiger partial charge in [0.25, 0.3) is 0 Å². The fraction of sp³-hybridized carbons (Fsp3) is 0.222. The summed E-state index contributed by atoms with van der Waals surface area (Å²) in [5, 5.41) is 12.8. The molecule has 4 atom stereocenters. The molecule has 1 saturated carbocycles. The molecule has 1 amide bonds. The van der Waals surface area contributed by atoms with Crippen LogP contribution in [0.3, 0.4) is 0 Å². The van der Waals surface area contributed by atoms with Crippen molar-refractivity contribution in [2.75, 3.05) is 4.90 Å². The Kier molecular flexibility index (Phi) is 5.29. The number of fused-ring (bicyclic) bond motifs is 2. The van der Waals surface area contributed by atoms with E-state index in [0.717, 1.165) is 16.7 Å². The number of nitrogens with zero attached hydrogens (tertiary/aromatic N) is 2. The van der Waals surface area contributed by atoms with Crippen LogP contribution in [-0.4, -0.2) is 16.9 Å². The number of benzene rings is 3. The van der Waals surface area contributed by atoms with Gasteiger partial charge in [-0.3, -0.25) is 14.9 Å². The molecule has 1 heterocycles. The molecule has 3 aromatic rings. The molecule has 6 heteroatoms. The van der Waals surface area contributed by atoms with Gasteiger partial charge in [-0.2, -0.15) is 0 Å². The van der Waals surface area contributed by atoms with Crippen molar-refractivity contribution < 1.29 is 9.72 Å². The minimum atomic E-state index is -1.09. The molecule has 1 fully saturated rings. The number of rotatable bonds is 5. The number of nitro groups is 1. The van der Waals surface area contributed by atoms with Crippen LogP contribution >= 0.6 is 11.6 Å². The molecule has 0 aromatic heterocycles. The zero-order valence-electron chi connectivity index (χ0n) is 17.9. The fourth-order valence-corrected chi connectivity index (χ4v) is 6.10. The normalized spacial score (nSPS) is 25.9. The van der Waals surface area contributed by atoms with Crippen molar-refractivity contribution in [3.63, 3.8) is 0 Å². The highest BCUT2D eigenvalue weighted by molar-refractivity contribution is 6.35. The van der Waals surface area contributed by atoms with Gasteiger partial charge in [0.05, 0.1) is 28.6 Å². The van der Waals surface area contributed by atoms with E-state index < -0.39 is 23.3 Å². The number of amides is 1. The first-order valence-electron chi connectivity index (χ1n) is 10.9. The number of halogens is 1. The Bertz CT molecular complexity index is 1230. The standard InChI is InChI=1S/C27H23ClN2O3/c1-2-19-16-27(23(24(19)30(32)33)20-12-7-4-8-13-20)21-14-9-15-22(28)25(21)29(26(27)31)17-18-10-5-3-6-11-18/h2-15,19,23-24H,1,16-17H2/t19-,23+,24-,27-/m1/s1. The molecule has 1 aliphatic carbocycles. The Hall–Kier alpha value is -3.44. The average Bonchev–Trinajstić information content (AvgIpc) is 3.30. The lowest BCUT2D eigenvalue weighted by atomic mass is 9.69. The van der Waals surface area contributed by atoms with E-state index >= 15 is 0 Å². The van der Waals surface area contributed by atoms with Gasteiger partial charge < -0.3 is 4.90 Å². The Labute approximate surface area is 197 Å². The number of hydrogen-bond acceptors (Lipinski definition) is 3. The van der Waals surface area contributed by atoms with E-state index in [-0.39, 0.29) is 10.8 Å². The molecule has 2 aliphatic rings. The highest BCUT2D eigenvalue weighted by Gasteiger charge is 2.67. The smallest absolute Gasteiger partial charge is 0.239 e. The van der Waals surface area contributed by atoms with E-state index in [1.807, 2.05) is 72.8 Å². The summed E-state index contributed by atoms with van der Waals surface area (Å²) in [7, 11) is 0. The molecule has 5 rings (SSSR count). The summed E-state index contributed by atoms with van der Waals surface area (Å²) in [6, 6.07) is 23.6. The van der Waals surface area contributed by atoms with Crippen LogP contribution in [0.4, 0.5) is 5.69 Å². The third kappa shape index (κ3) is 3.18. The third-order valence-electron chi connectivity index (χ3n) is 7.12. The Morgan fingerprint density at radius 2 is 1.73 bits per heavy atom. The molecule has 1 aliphatic heterocycles.